The second-order valence-electron chi connectivity index (χ2n) is 3.06. The van der Waals surface area contributed by atoms with Gasteiger partial charge >= 0.3 is 0 Å². The summed E-state index contributed by atoms with van der Waals surface area (Å²) in [6.45, 7) is 1.54. The molecule has 0 radical (unpaired) electrons. The minimum Gasteiger partial charge on any atom is -0.295 e. The van der Waals surface area contributed by atoms with Crippen LogP contribution in [0.15, 0.2) is 29.3 Å². The molecular formula is C10H7ClN2OS2. The van der Waals surface area contributed by atoms with Crippen molar-refractivity contribution in [2.45, 2.75) is 6.92 Å². The van der Waals surface area contributed by atoms with Gasteiger partial charge in [0, 0.05) is 16.1 Å². The maximum atomic E-state index is 11.1. The average Bonchev–Trinajstić information content (AvgIpc) is 2.65. The van der Waals surface area contributed by atoms with Crippen molar-refractivity contribution in [3.05, 3.63) is 39.7 Å². The van der Waals surface area contributed by atoms with E-state index in [2.05, 4.69) is 9.37 Å². The SMILES string of the molecule is CC(=O)c1ccc(/N=c2/ssnc2Cl)cc1. The zero-order chi connectivity index (χ0) is 11.5. The van der Waals surface area contributed by atoms with E-state index in [1.165, 1.54) is 27.8 Å². The zero-order valence-corrected chi connectivity index (χ0v) is 10.7. The van der Waals surface area contributed by atoms with Gasteiger partial charge in [-0.15, -0.1) is 0 Å². The van der Waals surface area contributed by atoms with Gasteiger partial charge in [-0.1, -0.05) is 11.6 Å². The van der Waals surface area contributed by atoms with Crippen molar-refractivity contribution in [1.29, 1.82) is 0 Å². The lowest BCUT2D eigenvalue weighted by molar-refractivity contribution is 0.101. The molecule has 0 unspecified atom stereocenters. The number of ketones is 1. The number of benzene rings is 1. The number of halogens is 1. The van der Waals surface area contributed by atoms with Crippen LogP contribution in [0.3, 0.4) is 0 Å². The monoisotopic (exact) mass is 270 g/mol. The molecule has 0 atom stereocenters. The maximum absolute atomic E-state index is 11.1. The second kappa shape index (κ2) is 4.86. The summed E-state index contributed by atoms with van der Waals surface area (Å²) >= 11 is 5.83. The van der Waals surface area contributed by atoms with Gasteiger partial charge in [0.25, 0.3) is 0 Å². The van der Waals surface area contributed by atoms with E-state index in [0.29, 0.717) is 15.4 Å². The molecule has 0 spiro atoms. The molecule has 0 aliphatic carbocycles. The summed E-state index contributed by atoms with van der Waals surface area (Å²) in [4.78, 5) is 15.4. The first-order chi connectivity index (χ1) is 7.66. The molecular weight excluding hydrogens is 264 g/mol. The van der Waals surface area contributed by atoms with Crippen molar-refractivity contribution in [2.75, 3.05) is 0 Å². The van der Waals surface area contributed by atoms with E-state index in [1.54, 1.807) is 24.3 Å². The van der Waals surface area contributed by atoms with Gasteiger partial charge in [-0.05, 0) is 41.5 Å². The predicted molar refractivity (Wildman–Crippen MR) is 66.7 cm³/mol. The van der Waals surface area contributed by atoms with Crippen LogP contribution in [-0.2, 0) is 0 Å². The van der Waals surface area contributed by atoms with Gasteiger partial charge in [0.2, 0.25) is 0 Å². The summed E-state index contributed by atoms with van der Waals surface area (Å²) in [5.74, 6) is 0.0459. The van der Waals surface area contributed by atoms with Crippen LogP contribution >= 0.6 is 32.5 Å². The molecule has 2 rings (SSSR count). The van der Waals surface area contributed by atoms with Crippen molar-refractivity contribution >= 4 is 43.9 Å². The van der Waals surface area contributed by atoms with E-state index >= 15 is 0 Å². The second-order valence-corrected chi connectivity index (χ2v) is 5.25. The largest absolute Gasteiger partial charge is 0.295 e. The lowest BCUT2D eigenvalue weighted by Gasteiger charge is -1.95. The van der Waals surface area contributed by atoms with Crippen molar-refractivity contribution in [2.24, 2.45) is 4.99 Å². The van der Waals surface area contributed by atoms with Gasteiger partial charge in [-0.25, -0.2) is 4.99 Å². The Bertz CT molecular complexity index is 571. The fraction of sp³-hybridized carbons (Fsp3) is 0.100. The highest BCUT2D eigenvalue weighted by Crippen LogP contribution is 2.14. The minimum atomic E-state index is 0.0459. The lowest BCUT2D eigenvalue weighted by atomic mass is 10.1. The number of hydrogen-bond donors (Lipinski definition) is 0. The number of aromatic nitrogens is 1. The van der Waals surface area contributed by atoms with Crippen molar-refractivity contribution in [3.8, 4) is 0 Å². The Morgan fingerprint density at radius 1 is 1.38 bits per heavy atom. The Kier molecular flexibility index (Phi) is 3.48. The molecule has 2 aromatic rings. The standard InChI is InChI=1S/C10H7ClN2OS2/c1-6(14)7-2-4-8(5-3-7)12-10-9(11)13-16-15-10/h2-5H,1H3/b12-10+. The van der Waals surface area contributed by atoms with E-state index in [-0.39, 0.29) is 5.78 Å². The number of rotatable bonds is 2. The van der Waals surface area contributed by atoms with E-state index < -0.39 is 0 Å². The van der Waals surface area contributed by atoms with Crippen LogP contribution in [0, 0.1) is 0 Å². The molecule has 0 saturated heterocycles. The molecule has 1 heterocycles. The first kappa shape index (κ1) is 11.4. The molecule has 0 N–H and O–H groups in total. The number of nitrogens with zero attached hydrogens (tertiary/aromatic N) is 2. The third kappa shape index (κ3) is 2.55. The molecule has 6 heteroatoms. The summed E-state index contributed by atoms with van der Waals surface area (Å²) in [7, 11) is 2.73. The number of Topliss-reactive ketones (excluding diaryl/α,β-unsaturated/α-hetero) is 1. The zero-order valence-electron chi connectivity index (χ0n) is 8.31. The van der Waals surface area contributed by atoms with Gasteiger partial charge in [0.15, 0.2) is 15.6 Å². The Balaban J connectivity index is 2.37. The number of carbonyl (C=O) groups is 1. The van der Waals surface area contributed by atoms with Crippen LogP contribution in [-0.4, -0.2) is 10.2 Å². The van der Waals surface area contributed by atoms with Gasteiger partial charge in [0.1, 0.15) is 0 Å². The Hall–Kier alpha value is -1.04. The third-order valence-electron chi connectivity index (χ3n) is 1.91. The van der Waals surface area contributed by atoms with Crippen LogP contribution in [0.1, 0.15) is 17.3 Å². The highest BCUT2D eigenvalue weighted by molar-refractivity contribution is 7.66. The van der Waals surface area contributed by atoms with Crippen molar-refractivity contribution < 1.29 is 4.79 Å². The average molecular weight is 271 g/mol. The van der Waals surface area contributed by atoms with Crippen molar-refractivity contribution in [3.63, 3.8) is 0 Å². The topological polar surface area (TPSA) is 42.3 Å². The van der Waals surface area contributed by atoms with Crippen LogP contribution < -0.4 is 4.67 Å². The summed E-state index contributed by atoms with van der Waals surface area (Å²) in [6, 6.07) is 7.08. The quantitative estimate of drug-likeness (QED) is 0.621. The molecule has 1 aromatic carbocycles. The van der Waals surface area contributed by atoms with Crippen LogP contribution in [0.25, 0.3) is 0 Å². The Morgan fingerprint density at radius 3 is 2.56 bits per heavy atom. The summed E-state index contributed by atoms with van der Waals surface area (Å²) in [6.07, 6.45) is 0. The fourth-order valence-corrected chi connectivity index (χ4v) is 3.10. The molecule has 82 valence electrons. The van der Waals surface area contributed by atoms with Crippen LogP contribution in [0.5, 0.6) is 0 Å². The minimum absolute atomic E-state index is 0.0459. The molecule has 0 saturated carbocycles. The molecule has 1 aromatic heterocycles. The van der Waals surface area contributed by atoms with E-state index in [9.17, 15) is 4.79 Å². The fourth-order valence-electron chi connectivity index (χ4n) is 1.11. The van der Waals surface area contributed by atoms with Gasteiger partial charge < -0.3 is 0 Å². The first-order valence-corrected chi connectivity index (χ1v) is 6.92. The van der Waals surface area contributed by atoms with Gasteiger partial charge in [-0.3, -0.25) is 4.79 Å². The molecule has 0 aliphatic heterocycles. The van der Waals surface area contributed by atoms with E-state index in [1.807, 2.05) is 0 Å². The Labute approximate surface area is 105 Å². The number of hydrogen-bond acceptors (Lipinski definition) is 5. The van der Waals surface area contributed by atoms with Crippen molar-refractivity contribution in [1.82, 2.24) is 4.37 Å². The number of carbonyl (C=O) groups excluding carboxylic acids is 1. The Morgan fingerprint density at radius 2 is 2.06 bits per heavy atom. The highest BCUT2D eigenvalue weighted by Gasteiger charge is 1.99. The molecule has 16 heavy (non-hydrogen) atoms. The smallest absolute Gasteiger partial charge is 0.179 e. The van der Waals surface area contributed by atoms with Gasteiger partial charge in [0.05, 0.1) is 5.69 Å². The summed E-state index contributed by atoms with van der Waals surface area (Å²) in [5.41, 5.74) is 1.44. The molecule has 0 bridgehead atoms. The summed E-state index contributed by atoms with van der Waals surface area (Å²) in [5, 5.41) is 0.422. The highest BCUT2D eigenvalue weighted by atomic mass is 35.5. The lowest BCUT2D eigenvalue weighted by Crippen LogP contribution is -1.93. The van der Waals surface area contributed by atoms with E-state index in [4.69, 9.17) is 11.6 Å². The first-order valence-electron chi connectivity index (χ1n) is 4.44. The molecule has 0 aliphatic rings. The third-order valence-corrected chi connectivity index (χ3v) is 4.09. The summed E-state index contributed by atoms with van der Waals surface area (Å²) < 4.78 is 4.63. The maximum Gasteiger partial charge on any atom is 0.179 e. The molecule has 0 amide bonds. The normalized spacial score (nSPS) is 11.8. The van der Waals surface area contributed by atoms with E-state index in [0.717, 1.165) is 5.69 Å². The molecule has 0 fully saturated rings. The molecule has 3 nitrogen and oxygen atoms in total. The van der Waals surface area contributed by atoms with Crippen LogP contribution in [0.4, 0.5) is 5.69 Å². The predicted octanol–water partition coefficient (Wildman–Crippen LogP) is 3.29. The van der Waals surface area contributed by atoms with Crippen LogP contribution in [0.2, 0.25) is 5.15 Å². The van der Waals surface area contributed by atoms with Gasteiger partial charge in [-0.2, -0.15) is 4.37 Å².